The van der Waals surface area contributed by atoms with Crippen molar-refractivity contribution < 1.29 is 13.2 Å². The molecule has 1 N–H and O–H groups in total. The molecule has 0 bridgehead atoms. The molecule has 1 saturated heterocycles. The zero-order valence-electron chi connectivity index (χ0n) is 14.5. The molecule has 2 aromatic heterocycles. The Balaban J connectivity index is 1.60. The highest BCUT2D eigenvalue weighted by Crippen LogP contribution is 2.27. The summed E-state index contributed by atoms with van der Waals surface area (Å²) in [6, 6.07) is 7.00. The van der Waals surface area contributed by atoms with Crippen molar-refractivity contribution in [2.45, 2.75) is 35.4 Å². The van der Waals surface area contributed by atoms with Crippen molar-refractivity contribution in [2.24, 2.45) is 0 Å². The minimum atomic E-state index is -3.41. The lowest BCUT2D eigenvalue weighted by molar-refractivity contribution is -0.115. The highest BCUT2D eigenvalue weighted by atomic mass is 32.2. The van der Waals surface area contributed by atoms with Crippen molar-refractivity contribution in [3.63, 3.8) is 0 Å². The third-order valence-corrected chi connectivity index (χ3v) is 8.22. The molecule has 1 amide bonds. The van der Waals surface area contributed by atoms with Crippen LogP contribution < -0.4 is 5.32 Å². The highest BCUT2D eigenvalue weighted by molar-refractivity contribution is 7.99. The van der Waals surface area contributed by atoms with Crippen LogP contribution in [0.4, 0.5) is 5.69 Å². The fourth-order valence-corrected chi connectivity index (χ4v) is 6.31. The Labute approximate surface area is 162 Å². The molecule has 26 heavy (non-hydrogen) atoms. The number of hydrogen-bond acceptors (Lipinski definition) is 6. The summed E-state index contributed by atoms with van der Waals surface area (Å²) >= 11 is 2.80. The van der Waals surface area contributed by atoms with Gasteiger partial charge in [-0.05, 0) is 42.9 Å². The van der Waals surface area contributed by atoms with Gasteiger partial charge in [0.15, 0.2) is 0 Å². The SMILES string of the molecule is CCSc1ccc(NC(=O)Cc2ccc(S(=O)(=O)N3CCCC3)s2)cn1. The Morgan fingerprint density at radius 3 is 2.69 bits per heavy atom. The highest BCUT2D eigenvalue weighted by Gasteiger charge is 2.28. The molecule has 0 atom stereocenters. The van der Waals surface area contributed by atoms with Crippen LogP contribution in [0, 0.1) is 0 Å². The van der Waals surface area contributed by atoms with Crippen molar-refractivity contribution in [3.8, 4) is 0 Å². The molecule has 0 spiro atoms. The smallest absolute Gasteiger partial charge is 0.252 e. The van der Waals surface area contributed by atoms with Crippen molar-refractivity contribution in [3.05, 3.63) is 35.3 Å². The van der Waals surface area contributed by atoms with Gasteiger partial charge in [-0.3, -0.25) is 4.79 Å². The number of amides is 1. The second-order valence-electron chi connectivity index (χ2n) is 5.88. The maximum Gasteiger partial charge on any atom is 0.252 e. The second kappa shape index (κ2) is 8.51. The Hall–Kier alpha value is -1.42. The molecule has 0 aliphatic carbocycles. The van der Waals surface area contributed by atoms with Crippen molar-refractivity contribution in [1.29, 1.82) is 0 Å². The van der Waals surface area contributed by atoms with Crippen LogP contribution in [-0.4, -0.2) is 42.5 Å². The van der Waals surface area contributed by atoms with Gasteiger partial charge in [0.25, 0.3) is 10.0 Å². The predicted molar refractivity (Wildman–Crippen MR) is 105 cm³/mol. The topological polar surface area (TPSA) is 79.4 Å². The molecular weight excluding hydrogens is 390 g/mol. The number of thiophene rings is 1. The molecule has 0 saturated carbocycles. The largest absolute Gasteiger partial charge is 0.324 e. The number of thioether (sulfide) groups is 1. The number of aromatic nitrogens is 1. The summed E-state index contributed by atoms with van der Waals surface area (Å²) in [6.07, 6.45) is 3.59. The van der Waals surface area contributed by atoms with Crippen LogP contribution in [-0.2, 0) is 21.2 Å². The molecule has 9 heteroatoms. The van der Waals surface area contributed by atoms with E-state index in [-0.39, 0.29) is 12.3 Å². The van der Waals surface area contributed by atoms with Gasteiger partial charge >= 0.3 is 0 Å². The van der Waals surface area contributed by atoms with E-state index in [9.17, 15) is 13.2 Å². The zero-order valence-corrected chi connectivity index (χ0v) is 16.9. The van der Waals surface area contributed by atoms with Gasteiger partial charge in [0.2, 0.25) is 5.91 Å². The minimum Gasteiger partial charge on any atom is -0.324 e. The summed E-state index contributed by atoms with van der Waals surface area (Å²) in [5.74, 6) is 0.759. The molecule has 1 aliphatic rings. The first-order chi connectivity index (χ1) is 12.5. The van der Waals surface area contributed by atoms with Crippen LogP contribution in [0.3, 0.4) is 0 Å². The Kier molecular flexibility index (Phi) is 6.33. The van der Waals surface area contributed by atoms with Crippen LogP contribution in [0.2, 0.25) is 0 Å². The van der Waals surface area contributed by atoms with Gasteiger partial charge in [-0.2, -0.15) is 4.31 Å². The summed E-state index contributed by atoms with van der Waals surface area (Å²) < 4.78 is 26.9. The third kappa shape index (κ3) is 4.64. The van der Waals surface area contributed by atoms with E-state index in [1.807, 2.05) is 12.1 Å². The lowest BCUT2D eigenvalue weighted by Gasteiger charge is -2.13. The molecule has 6 nitrogen and oxygen atoms in total. The summed E-state index contributed by atoms with van der Waals surface area (Å²) in [4.78, 5) is 17.2. The number of nitrogens with one attached hydrogen (secondary N) is 1. The standard InChI is InChI=1S/C17H21N3O3S3/c1-2-24-16-7-5-13(12-18-16)19-15(21)11-14-6-8-17(25-14)26(22,23)20-9-3-4-10-20/h5-8,12H,2-4,9-11H2,1H3,(H,19,21). The molecule has 0 aromatic carbocycles. The number of carbonyl (C=O) groups is 1. The normalized spacial score (nSPS) is 15.3. The molecular formula is C17H21N3O3S3. The van der Waals surface area contributed by atoms with Crippen molar-refractivity contribution in [2.75, 3.05) is 24.2 Å². The van der Waals surface area contributed by atoms with E-state index in [2.05, 4.69) is 17.2 Å². The van der Waals surface area contributed by atoms with E-state index in [0.717, 1.165) is 28.5 Å². The van der Waals surface area contributed by atoms with Gasteiger partial charge in [-0.15, -0.1) is 23.1 Å². The summed E-state index contributed by atoms with van der Waals surface area (Å²) in [7, 11) is -3.41. The summed E-state index contributed by atoms with van der Waals surface area (Å²) in [5, 5.41) is 3.72. The fourth-order valence-electron chi connectivity index (χ4n) is 2.70. The first-order valence-corrected chi connectivity index (χ1v) is 11.7. The quantitative estimate of drug-likeness (QED) is 0.708. The average molecular weight is 412 g/mol. The van der Waals surface area contributed by atoms with Gasteiger partial charge in [-0.1, -0.05) is 6.92 Å². The molecule has 0 radical (unpaired) electrons. The lowest BCUT2D eigenvalue weighted by atomic mass is 10.3. The Morgan fingerprint density at radius 2 is 2.04 bits per heavy atom. The van der Waals surface area contributed by atoms with Gasteiger partial charge in [-0.25, -0.2) is 13.4 Å². The number of nitrogens with zero attached hydrogens (tertiary/aromatic N) is 2. The number of pyridine rings is 1. The van der Waals surface area contributed by atoms with E-state index < -0.39 is 10.0 Å². The van der Waals surface area contributed by atoms with Crippen molar-refractivity contribution >= 4 is 44.7 Å². The monoisotopic (exact) mass is 411 g/mol. The predicted octanol–water partition coefficient (Wildman–Crippen LogP) is 3.22. The van der Waals surface area contributed by atoms with Crippen LogP contribution in [0.25, 0.3) is 0 Å². The van der Waals surface area contributed by atoms with Crippen molar-refractivity contribution in [1.82, 2.24) is 9.29 Å². The molecule has 1 aliphatic heterocycles. The van der Waals surface area contributed by atoms with E-state index in [1.165, 1.54) is 15.6 Å². The molecule has 2 aromatic rings. The second-order valence-corrected chi connectivity index (χ2v) is 10.5. The van der Waals surface area contributed by atoms with Crippen LogP contribution in [0.15, 0.2) is 39.7 Å². The van der Waals surface area contributed by atoms with Gasteiger partial charge in [0.1, 0.15) is 4.21 Å². The maximum atomic E-state index is 12.5. The average Bonchev–Trinajstić information content (AvgIpc) is 3.29. The van der Waals surface area contributed by atoms with E-state index >= 15 is 0 Å². The van der Waals surface area contributed by atoms with E-state index in [0.29, 0.717) is 23.0 Å². The van der Waals surface area contributed by atoms with Gasteiger partial charge in [0.05, 0.1) is 23.3 Å². The number of hydrogen-bond donors (Lipinski definition) is 1. The molecule has 0 unspecified atom stereocenters. The third-order valence-electron chi connectivity index (χ3n) is 3.94. The molecule has 3 rings (SSSR count). The van der Waals surface area contributed by atoms with Gasteiger partial charge < -0.3 is 5.32 Å². The first kappa shape index (κ1) is 19.3. The number of carbonyl (C=O) groups excluding carboxylic acids is 1. The van der Waals surface area contributed by atoms with Gasteiger partial charge in [0, 0.05) is 18.0 Å². The maximum absolute atomic E-state index is 12.5. The number of sulfonamides is 1. The summed E-state index contributed by atoms with van der Waals surface area (Å²) in [6.45, 7) is 3.21. The molecule has 3 heterocycles. The summed E-state index contributed by atoms with van der Waals surface area (Å²) in [5.41, 5.74) is 0.636. The minimum absolute atomic E-state index is 0.144. The van der Waals surface area contributed by atoms with E-state index in [4.69, 9.17) is 0 Å². The molecule has 1 fully saturated rings. The number of rotatable bonds is 7. The zero-order chi connectivity index (χ0) is 18.6. The van der Waals surface area contributed by atoms with E-state index in [1.54, 1.807) is 30.1 Å². The van der Waals surface area contributed by atoms with Crippen LogP contribution in [0.5, 0.6) is 0 Å². The Bertz CT molecular complexity index is 857. The Morgan fingerprint density at radius 1 is 1.27 bits per heavy atom. The molecule has 140 valence electrons. The first-order valence-electron chi connectivity index (χ1n) is 8.46. The van der Waals surface area contributed by atoms with Crippen LogP contribution in [0.1, 0.15) is 24.6 Å². The number of anilines is 1. The lowest BCUT2D eigenvalue weighted by Crippen LogP contribution is -2.27. The van der Waals surface area contributed by atoms with Crippen LogP contribution >= 0.6 is 23.1 Å². The fraction of sp³-hybridized carbons (Fsp3) is 0.412.